The average Bonchev–Trinajstić information content (AvgIpc) is 2.55. The van der Waals surface area contributed by atoms with Crippen LogP contribution in [0.3, 0.4) is 0 Å². The molecule has 3 amide bonds. The summed E-state index contributed by atoms with van der Waals surface area (Å²) in [5.41, 5.74) is 1.08. The molecule has 1 aliphatic rings. The highest BCUT2D eigenvalue weighted by Crippen LogP contribution is 2.24. The fourth-order valence-corrected chi connectivity index (χ4v) is 2.75. The first-order valence-corrected chi connectivity index (χ1v) is 8.50. The average molecular weight is 384 g/mol. The highest BCUT2D eigenvalue weighted by molar-refractivity contribution is 9.10. The maximum Gasteiger partial charge on any atom is 0.321 e. The molecule has 2 atom stereocenters. The number of carbonyl (C=O) groups is 2. The van der Waals surface area contributed by atoms with Crippen molar-refractivity contribution in [1.29, 1.82) is 0 Å². The number of hydrogen-bond donors (Lipinski definition) is 2. The topological polar surface area (TPSA) is 70.7 Å². The molecule has 2 rings (SSSR count). The molecule has 0 aromatic heterocycles. The van der Waals surface area contributed by atoms with E-state index in [0.717, 1.165) is 10.0 Å². The molecular formula is C16H22BrN3O3. The van der Waals surface area contributed by atoms with Crippen molar-refractivity contribution >= 4 is 27.9 Å². The van der Waals surface area contributed by atoms with Gasteiger partial charge in [0, 0.05) is 24.1 Å². The van der Waals surface area contributed by atoms with Gasteiger partial charge in [0.15, 0.2) is 0 Å². The summed E-state index contributed by atoms with van der Waals surface area (Å²) < 4.78 is 6.83. The van der Waals surface area contributed by atoms with Crippen LogP contribution < -0.4 is 10.6 Å². The zero-order valence-corrected chi connectivity index (χ0v) is 14.9. The largest absolute Gasteiger partial charge is 0.371 e. The molecule has 126 valence electrons. The van der Waals surface area contributed by atoms with Gasteiger partial charge in [-0.3, -0.25) is 15.0 Å². The number of nitrogens with zero attached hydrogens (tertiary/aromatic N) is 1. The number of ether oxygens (including phenoxy) is 1. The minimum atomic E-state index is -0.456. The number of morpholine rings is 1. The highest BCUT2D eigenvalue weighted by Gasteiger charge is 2.29. The molecule has 6 nitrogen and oxygen atoms in total. The lowest BCUT2D eigenvalue weighted by Crippen LogP contribution is -2.52. The van der Waals surface area contributed by atoms with Crippen LogP contribution in [0.4, 0.5) is 4.79 Å². The second-order valence-corrected chi connectivity index (χ2v) is 6.35. The quantitative estimate of drug-likeness (QED) is 0.834. The van der Waals surface area contributed by atoms with E-state index in [-0.39, 0.29) is 18.1 Å². The number of imide groups is 1. The molecule has 0 spiro atoms. The lowest BCUT2D eigenvalue weighted by atomic mass is 10.1. The van der Waals surface area contributed by atoms with Gasteiger partial charge < -0.3 is 10.1 Å². The van der Waals surface area contributed by atoms with Crippen LogP contribution in [0.5, 0.6) is 0 Å². The summed E-state index contributed by atoms with van der Waals surface area (Å²) in [5.74, 6) is -0.299. The van der Waals surface area contributed by atoms with Crippen LogP contribution in [0, 0.1) is 0 Å². The van der Waals surface area contributed by atoms with Gasteiger partial charge in [-0.15, -0.1) is 0 Å². The molecule has 7 heteroatoms. The van der Waals surface area contributed by atoms with E-state index in [9.17, 15) is 9.59 Å². The fourth-order valence-electron chi connectivity index (χ4n) is 2.49. The number of amides is 3. The summed E-state index contributed by atoms with van der Waals surface area (Å²) >= 11 is 3.42. The predicted molar refractivity (Wildman–Crippen MR) is 91.1 cm³/mol. The highest BCUT2D eigenvalue weighted by atomic mass is 79.9. The molecule has 1 fully saturated rings. The number of nitrogens with one attached hydrogen (secondary N) is 2. The van der Waals surface area contributed by atoms with Gasteiger partial charge in [0.25, 0.3) is 0 Å². The van der Waals surface area contributed by atoms with Crippen molar-refractivity contribution in [3.8, 4) is 0 Å². The van der Waals surface area contributed by atoms with Gasteiger partial charge in [-0.2, -0.15) is 0 Å². The van der Waals surface area contributed by atoms with E-state index in [1.807, 2.05) is 29.2 Å². The number of urea groups is 1. The minimum Gasteiger partial charge on any atom is -0.371 e. The first-order valence-electron chi connectivity index (χ1n) is 7.71. The molecule has 0 bridgehead atoms. The summed E-state index contributed by atoms with van der Waals surface area (Å²) in [6.45, 7) is 5.93. The smallest absolute Gasteiger partial charge is 0.321 e. The van der Waals surface area contributed by atoms with Gasteiger partial charge >= 0.3 is 6.03 Å². The predicted octanol–water partition coefficient (Wildman–Crippen LogP) is 2.06. The Morgan fingerprint density at radius 1 is 1.39 bits per heavy atom. The Bertz CT molecular complexity index is 550. The Hall–Kier alpha value is -1.44. The fraction of sp³-hybridized carbons (Fsp3) is 0.500. The molecule has 1 aliphatic heterocycles. The Kier molecular flexibility index (Phi) is 6.56. The lowest BCUT2D eigenvalue weighted by molar-refractivity contribution is -0.128. The molecule has 0 radical (unpaired) electrons. The number of halogens is 1. The molecule has 23 heavy (non-hydrogen) atoms. The van der Waals surface area contributed by atoms with Crippen molar-refractivity contribution in [3.63, 3.8) is 0 Å². The molecule has 1 heterocycles. The monoisotopic (exact) mass is 383 g/mol. The van der Waals surface area contributed by atoms with E-state index in [4.69, 9.17) is 4.74 Å². The van der Waals surface area contributed by atoms with Crippen molar-refractivity contribution in [2.24, 2.45) is 0 Å². The molecular weight excluding hydrogens is 362 g/mol. The van der Waals surface area contributed by atoms with Gasteiger partial charge in [0.1, 0.15) is 0 Å². The SMILES string of the molecule is CCNC(=O)NC(=O)C(C)N1CCOC(c2ccc(Br)cc2)C1. The van der Waals surface area contributed by atoms with Gasteiger partial charge in [0.05, 0.1) is 18.8 Å². The van der Waals surface area contributed by atoms with Crippen molar-refractivity contribution in [3.05, 3.63) is 34.3 Å². The normalized spacial score (nSPS) is 19.9. The third-order valence-corrected chi connectivity index (χ3v) is 4.37. The Morgan fingerprint density at radius 2 is 2.09 bits per heavy atom. The van der Waals surface area contributed by atoms with Crippen LogP contribution in [-0.4, -0.2) is 49.1 Å². The van der Waals surface area contributed by atoms with E-state index >= 15 is 0 Å². The number of benzene rings is 1. The van der Waals surface area contributed by atoms with Crippen LogP contribution in [0.1, 0.15) is 25.5 Å². The lowest BCUT2D eigenvalue weighted by Gasteiger charge is -2.36. The first-order chi connectivity index (χ1) is 11.0. The zero-order chi connectivity index (χ0) is 16.8. The molecule has 0 saturated carbocycles. The minimum absolute atomic E-state index is 0.0726. The number of carbonyl (C=O) groups excluding carboxylic acids is 2. The Labute approximate surface area is 144 Å². The molecule has 1 aromatic carbocycles. The Morgan fingerprint density at radius 3 is 2.74 bits per heavy atom. The molecule has 1 saturated heterocycles. The first kappa shape index (κ1) is 17.9. The third-order valence-electron chi connectivity index (χ3n) is 3.84. The van der Waals surface area contributed by atoms with Crippen molar-refractivity contribution in [2.75, 3.05) is 26.2 Å². The van der Waals surface area contributed by atoms with Gasteiger partial charge in [-0.25, -0.2) is 4.79 Å². The summed E-state index contributed by atoms with van der Waals surface area (Å²) in [6.07, 6.45) is -0.0726. The maximum absolute atomic E-state index is 12.2. The van der Waals surface area contributed by atoms with Crippen molar-refractivity contribution < 1.29 is 14.3 Å². The van der Waals surface area contributed by atoms with Gasteiger partial charge in [-0.1, -0.05) is 28.1 Å². The van der Waals surface area contributed by atoms with Crippen molar-refractivity contribution in [1.82, 2.24) is 15.5 Å². The van der Waals surface area contributed by atoms with E-state index in [2.05, 4.69) is 26.6 Å². The molecule has 1 aromatic rings. The number of hydrogen-bond acceptors (Lipinski definition) is 4. The standard InChI is InChI=1S/C16H22BrN3O3/c1-3-18-16(22)19-15(21)11(2)20-8-9-23-14(10-20)12-4-6-13(17)7-5-12/h4-7,11,14H,3,8-10H2,1-2H3,(H2,18,19,21,22). The van der Waals surface area contributed by atoms with Crippen LogP contribution in [0.15, 0.2) is 28.7 Å². The van der Waals surface area contributed by atoms with E-state index in [1.54, 1.807) is 13.8 Å². The van der Waals surface area contributed by atoms with Gasteiger partial charge in [-0.05, 0) is 31.5 Å². The van der Waals surface area contributed by atoms with Gasteiger partial charge in [0.2, 0.25) is 5.91 Å². The Balaban J connectivity index is 1.95. The maximum atomic E-state index is 12.2. The van der Waals surface area contributed by atoms with E-state index in [0.29, 0.717) is 26.2 Å². The van der Waals surface area contributed by atoms with Crippen LogP contribution in [0.25, 0.3) is 0 Å². The molecule has 0 aliphatic carbocycles. The summed E-state index contributed by atoms with van der Waals surface area (Å²) in [4.78, 5) is 25.7. The van der Waals surface area contributed by atoms with Crippen LogP contribution in [0.2, 0.25) is 0 Å². The zero-order valence-electron chi connectivity index (χ0n) is 13.3. The van der Waals surface area contributed by atoms with E-state index in [1.165, 1.54) is 0 Å². The molecule has 2 unspecified atom stereocenters. The van der Waals surface area contributed by atoms with Crippen molar-refractivity contribution in [2.45, 2.75) is 26.0 Å². The van der Waals surface area contributed by atoms with Crippen LogP contribution >= 0.6 is 15.9 Å². The van der Waals surface area contributed by atoms with Crippen LogP contribution in [-0.2, 0) is 9.53 Å². The third kappa shape index (κ3) is 5.02. The second kappa shape index (κ2) is 8.42. The van der Waals surface area contributed by atoms with E-state index < -0.39 is 6.03 Å². The summed E-state index contributed by atoms with van der Waals surface area (Å²) in [7, 11) is 0. The summed E-state index contributed by atoms with van der Waals surface area (Å²) in [5, 5.41) is 4.92. The summed E-state index contributed by atoms with van der Waals surface area (Å²) in [6, 6.07) is 7.13. The number of rotatable bonds is 4. The molecule has 2 N–H and O–H groups in total. The second-order valence-electron chi connectivity index (χ2n) is 5.43.